The molecule has 0 saturated heterocycles. The molecule has 2 aromatic rings. The summed E-state index contributed by atoms with van der Waals surface area (Å²) in [6.07, 6.45) is 3.09. The lowest BCUT2D eigenvalue weighted by Gasteiger charge is -2.27. The monoisotopic (exact) mass is 412 g/mol. The molecule has 1 aliphatic heterocycles. The number of carbonyl (C=O) groups excluding carboxylic acids is 2. The van der Waals surface area contributed by atoms with Crippen LogP contribution in [0.2, 0.25) is 0 Å². The number of aryl methyl sites for hydroxylation is 1. The molecule has 0 saturated carbocycles. The van der Waals surface area contributed by atoms with Crippen LogP contribution in [0, 0.1) is 6.92 Å². The number of ether oxygens (including phenoxy) is 1. The van der Waals surface area contributed by atoms with Crippen LogP contribution in [0.3, 0.4) is 0 Å². The Hall–Kier alpha value is -3.95. The van der Waals surface area contributed by atoms with E-state index in [1.54, 1.807) is 12.1 Å². The van der Waals surface area contributed by atoms with Crippen molar-refractivity contribution in [2.45, 2.75) is 19.9 Å². The first-order valence-corrected chi connectivity index (χ1v) is 9.10. The van der Waals surface area contributed by atoms with E-state index < -0.39 is 29.9 Å². The minimum atomic E-state index is -1.26. The number of hydrogen-bond acceptors (Lipinski definition) is 7. The Morgan fingerprint density at radius 3 is 2.50 bits per heavy atom. The Morgan fingerprint density at radius 2 is 1.87 bits per heavy atom. The second kappa shape index (κ2) is 9.03. The van der Waals surface area contributed by atoms with Gasteiger partial charge in [-0.25, -0.2) is 9.97 Å². The van der Waals surface area contributed by atoms with Crippen LogP contribution in [0.5, 0.6) is 11.8 Å². The number of nitrogens with one attached hydrogen (secondary N) is 1. The first-order valence-electron chi connectivity index (χ1n) is 9.10. The molecule has 10 heteroatoms. The van der Waals surface area contributed by atoms with E-state index in [1.807, 2.05) is 19.1 Å². The SMILES string of the molecule is Cc1ccc(Oc2ncc(CN3CCC(O)=C(C(=O)NCC(=O)O)C3=O)cn2)cc1. The third kappa shape index (κ3) is 5.10. The number of benzene rings is 1. The molecule has 3 N–H and O–H groups in total. The highest BCUT2D eigenvalue weighted by Gasteiger charge is 2.32. The molecule has 3 rings (SSSR count). The summed E-state index contributed by atoms with van der Waals surface area (Å²) in [4.78, 5) is 44.9. The van der Waals surface area contributed by atoms with Crippen molar-refractivity contribution in [3.63, 3.8) is 0 Å². The maximum atomic E-state index is 12.6. The lowest BCUT2D eigenvalue weighted by Crippen LogP contribution is -2.43. The number of rotatable bonds is 7. The van der Waals surface area contributed by atoms with Gasteiger partial charge in [0, 0.05) is 37.5 Å². The third-order valence-electron chi connectivity index (χ3n) is 4.32. The molecule has 0 bridgehead atoms. The summed E-state index contributed by atoms with van der Waals surface area (Å²) in [7, 11) is 0. The minimum absolute atomic E-state index is 0.0804. The van der Waals surface area contributed by atoms with Gasteiger partial charge in [-0.3, -0.25) is 14.4 Å². The van der Waals surface area contributed by atoms with E-state index in [1.165, 1.54) is 17.3 Å². The number of amides is 2. The smallest absolute Gasteiger partial charge is 0.322 e. The van der Waals surface area contributed by atoms with Crippen molar-refractivity contribution in [2.75, 3.05) is 13.1 Å². The van der Waals surface area contributed by atoms with Gasteiger partial charge >= 0.3 is 12.0 Å². The van der Waals surface area contributed by atoms with Crippen LogP contribution in [0.15, 0.2) is 48.0 Å². The molecule has 0 unspecified atom stereocenters. The first kappa shape index (κ1) is 20.8. The molecule has 1 aromatic carbocycles. The molecule has 1 aromatic heterocycles. The highest BCUT2D eigenvalue weighted by Crippen LogP contribution is 2.21. The van der Waals surface area contributed by atoms with Gasteiger partial charge in [-0.05, 0) is 19.1 Å². The van der Waals surface area contributed by atoms with E-state index in [0.29, 0.717) is 11.3 Å². The largest absolute Gasteiger partial charge is 0.511 e. The molecule has 2 heterocycles. The van der Waals surface area contributed by atoms with E-state index in [2.05, 4.69) is 15.3 Å². The Morgan fingerprint density at radius 1 is 1.20 bits per heavy atom. The molecule has 10 nitrogen and oxygen atoms in total. The minimum Gasteiger partial charge on any atom is -0.511 e. The van der Waals surface area contributed by atoms with Gasteiger partial charge in [0.25, 0.3) is 11.8 Å². The number of hydrogen-bond donors (Lipinski definition) is 3. The van der Waals surface area contributed by atoms with Crippen molar-refractivity contribution in [1.82, 2.24) is 20.2 Å². The highest BCUT2D eigenvalue weighted by atomic mass is 16.5. The third-order valence-corrected chi connectivity index (χ3v) is 4.32. The van der Waals surface area contributed by atoms with Crippen LogP contribution in [0.25, 0.3) is 0 Å². The lowest BCUT2D eigenvalue weighted by molar-refractivity contribution is -0.138. The van der Waals surface area contributed by atoms with Crippen molar-refractivity contribution in [3.8, 4) is 11.8 Å². The van der Waals surface area contributed by atoms with Crippen LogP contribution in [-0.4, -0.2) is 56.0 Å². The summed E-state index contributed by atoms with van der Waals surface area (Å²) in [5.74, 6) is -2.65. The van der Waals surface area contributed by atoms with E-state index in [-0.39, 0.29) is 31.3 Å². The number of aliphatic hydroxyl groups is 1. The summed E-state index contributed by atoms with van der Waals surface area (Å²) in [6, 6.07) is 7.56. The molecular weight excluding hydrogens is 392 g/mol. The fraction of sp³-hybridized carbons (Fsp3) is 0.250. The second-order valence-corrected chi connectivity index (χ2v) is 6.66. The van der Waals surface area contributed by atoms with Gasteiger partial charge in [0.1, 0.15) is 23.6 Å². The molecular formula is C20H20N4O6. The zero-order valence-corrected chi connectivity index (χ0v) is 16.2. The highest BCUT2D eigenvalue weighted by molar-refractivity contribution is 6.19. The molecule has 2 amide bonds. The van der Waals surface area contributed by atoms with Gasteiger partial charge in [0.15, 0.2) is 0 Å². The molecule has 0 atom stereocenters. The van der Waals surface area contributed by atoms with Gasteiger partial charge in [-0.2, -0.15) is 0 Å². The zero-order chi connectivity index (χ0) is 21.7. The van der Waals surface area contributed by atoms with Crippen LogP contribution in [-0.2, 0) is 20.9 Å². The quantitative estimate of drug-likeness (QED) is 0.578. The van der Waals surface area contributed by atoms with Gasteiger partial charge in [-0.1, -0.05) is 17.7 Å². The van der Waals surface area contributed by atoms with Gasteiger partial charge in [-0.15, -0.1) is 0 Å². The predicted octanol–water partition coefficient (Wildman–Crippen LogP) is 1.32. The van der Waals surface area contributed by atoms with E-state index in [0.717, 1.165) is 5.56 Å². The second-order valence-electron chi connectivity index (χ2n) is 6.66. The van der Waals surface area contributed by atoms with Gasteiger partial charge in [0.2, 0.25) is 0 Å². The van der Waals surface area contributed by atoms with E-state index >= 15 is 0 Å². The maximum Gasteiger partial charge on any atom is 0.322 e. The van der Waals surface area contributed by atoms with Crippen LogP contribution < -0.4 is 10.1 Å². The van der Waals surface area contributed by atoms with Crippen LogP contribution in [0.4, 0.5) is 0 Å². The molecule has 0 fully saturated rings. The van der Waals surface area contributed by atoms with Crippen molar-refractivity contribution < 1.29 is 29.3 Å². The summed E-state index contributed by atoms with van der Waals surface area (Å²) in [6.45, 7) is 1.63. The molecule has 1 aliphatic rings. The number of carboxylic acids is 1. The predicted molar refractivity (Wildman–Crippen MR) is 104 cm³/mol. The van der Waals surface area contributed by atoms with Crippen molar-refractivity contribution in [2.24, 2.45) is 0 Å². The number of aromatic nitrogens is 2. The Kier molecular flexibility index (Phi) is 6.26. The summed E-state index contributed by atoms with van der Waals surface area (Å²) >= 11 is 0. The fourth-order valence-corrected chi connectivity index (χ4v) is 2.78. The first-order chi connectivity index (χ1) is 14.3. The van der Waals surface area contributed by atoms with Crippen molar-refractivity contribution in [3.05, 3.63) is 59.1 Å². The number of carbonyl (C=O) groups is 3. The normalized spacial score (nSPS) is 13.9. The summed E-state index contributed by atoms with van der Waals surface area (Å²) in [5, 5.41) is 20.7. The summed E-state index contributed by atoms with van der Waals surface area (Å²) in [5.41, 5.74) is 1.25. The maximum absolute atomic E-state index is 12.6. The van der Waals surface area contributed by atoms with Gasteiger partial charge in [0.05, 0.1) is 0 Å². The Balaban J connectivity index is 1.64. The average molecular weight is 412 g/mol. The fourth-order valence-electron chi connectivity index (χ4n) is 2.78. The summed E-state index contributed by atoms with van der Waals surface area (Å²) < 4.78 is 5.56. The lowest BCUT2D eigenvalue weighted by atomic mass is 10.1. The van der Waals surface area contributed by atoms with Crippen molar-refractivity contribution in [1.29, 1.82) is 0 Å². The molecule has 0 spiro atoms. The van der Waals surface area contributed by atoms with Crippen molar-refractivity contribution >= 4 is 17.8 Å². The number of nitrogens with zero attached hydrogens (tertiary/aromatic N) is 3. The Labute approximate surface area is 171 Å². The molecule has 0 radical (unpaired) electrons. The van der Waals surface area contributed by atoms with Crippen LogP contribution >= 0.6 is 0 Å². The average Bonchev–Trinajstić information content (AvgIpc) is 2.72. The van der Waals surface area contributed by atoms with Gasteiger partial charge < -0.3 is 25.2 Å². The van der Waals surface area contributed by atoms with E-state index in [4.69, 9.17) is 9.84 Å². The molecule has 30 heavy (non-hydrogen) atoms. The standard InChI is InChI=1S/C20H20N4O6/c1-12-2-4-14(5-3-12)30-20-22-8-13(9-23-20)11-24-7-6-15(25)17(19(24)29)18(28)21-10-16(26)27/h2-5,8-9,25H,6-7,10-11H2,1H3,(H,21,28)(H,26,27). The number of carboxylic acid groups (broad SMARTS) is 1. The molecule has 0 aliphatic carbocycles. The topological polar surface area (TPSA) is 142 Å². The number of aliphatic hydroxyl groups excluding tert-OH is 1. The molecule has 156 valence electrons. The van der Waals surface area contributed by atoms with E-state index in [9.17, 15) is 19.5 Å². The Bertz CT molecular complexity index is 985. The number of aliphatic carboxylic acids is 1. The van der Waals surface area contributed by atoms with Crippen LogP contribution in [0.1, 0.15) is 17.5 Å². The zero-order valence-electron chi connectivity index (χ0n) is 16.2.